The van der Waals surface area contributed by atoms with Gasteiger partial charge in [-0.3, -0.25) is 4.79 Å². The van der Waals surface area contributed by atoms with Crippen molar-refractivity contribution in [2.24, 2.45) is 11.3 Å². The quantitative estimate of drug-likeness (QED) is 0.803. The molecule has 0 radical (unpaired) electrons. The third-order valence-corrected chi connectivity index (χ3v) is 8.28. The van der Waals surface area contributed by atoms with Crippen molar-refractivity contribution in [2.45, 2.75) is 38.5 Å². The molecular formula is C18H26N4O4S. The average molecular weight is 394 g/mol. The molecule has 1 aromatic rings. The van der Waals surface area contributed by atoms with Crippen LogP contribution in [-0.4, -0.2) is 65.7 Å². The molecule has 4 rings (SSSR count). The largest absolute Gasteiger partial charge is 0.481 e. The predicted octanol–water partition coefficient (Wildman–Crippen LogP) is 1.31. The van der Waals surface area contributed by atoms with E-state index in [0.717, 1.165) is 18.5 Å². The molecule has 3 heterocycles. The fourth-order valence-electron chi connectivity index (χ4n) is 4.83. The van der Waals surface area contributed by atoms with Gasteiger partial charge in [-0.2, -0.15) is 0 Å². The van der Waals surface area contributed by atoms with Crippen LogP contribution in [0.5, 0.6) is 0 Å². The van der Waals surface area contributed by atoms with Crippen LogP contribution in [0.1, 0.15) is 44.2 Å². The lowest BCUT2D eigenvalue weighted by Gasteiger charge is -2.25. The second kappa shape index (κ2) is 6.70. The zero-order chi connectivity index (χ0) is 19.2. The summed E-state index contributed by atoms with van der Waals surface area (Å²) >= 11 is 0. The molecule has 2 aliphatic heterocycles. The van der Waals surface area contributed by atoms with Gasteiger partial charge in [0, 0.05) is 49.9 Å². The van der Waals surface area contributed by atoms with Gasteiger partial charge in [0.25, 0.3) is 0 Å². The SMILES string of the molecule is CCS(=O)(=O)N1C[C@H]2CN(c3nccc(C4CCCC4)n3)C[C@@]2(C(=O)O)C1. The third kappa shape index (κ3) is 3.10. The van der Waals surface area contributed by atoms with Crippen molar-refractivity contribution in [1.29, 1.82) is 0 Å². The van der Waals surface area contributed by atoms with Crippen LogP contribution < -0.4 is 4.90 Å². The summed E-state index contributed by atoms with van der Waals surface area (Å²) in [7, 11) is -3.39. The Bertz CT molecular complexity index is 840. The van der Waals surface area contributed by atoms with Crippen molar-refractivity contribution in [3.05, 3.63) is 18.0 Å². The molecule has 1 aliphatic carbocycles. The van der Waals surface area contributed by atoms with E-state index in [1.165, 1.54) is 17.1 Å². The van der Waals surface area contributed by atoms with E-state index in [0.29, 0.717) is 18.4 Å². The van der Waals surface area contributed by atoms with E-state index >= 15 is 0 Å². The number of rotatable bonds is 5. The number of hydrogen-bond acceptors (Lipinski definition) is 6. The number of carboxylic acid groups (broad SMARTS) is 1. The average Bonchev–Trinajstić information content (AvgIpc) is 3.36. The molecule has 1 N–H and O–H groups in total. The minimum absolute atomic E-state index is 0.00826. The first-order valence-electron chi connectivity index (χ1n) is 9.65. The van der Waals surface area contributed by atoms with Crippen LogP contribution in [0.2, 0.25) is 0 Å². The number of aliphatic carboxylic acids is 1. The Hall–Kier alpha value is -1.74. The van der Waals surface area contributed by atoms with Crippen molar-refractivity contribution in [2.75, 3.05) is 36.8 Å². The first-order chi connectivity index (χ1) is 12.9. The first-order valence-corrected chi connectivity index (χ1v) is 11.3. The third-order valence-electron chi connectivity index (χ3n) is 6.48. The highest BCUT2D eigenvalue weighted by molar-refractivity contribution is 7.89. The Morgan fingerprint density at radius 2 is 2.04 bits per heavy atom. The summed E-state index contributed by atoms with van der Waals surface area (Å²) in [6.45, 7) is 2.59. The van der Waals surface area contributed by atoms with Gasteiger partial charge in [0.05, 0.1) is 5.75 Å². The summed E-state index contributed by atoms with van der Waals surface area (Å²) in [4.78, 5) is 23.2. The molecule has 9 heteroatoms. The maximum Gasteiger partial charge on any atom is 0.313 e. The van der Waals surface area contributed by atoms with Gasteiger partial charge in [-0.15, -0.1) is 0 Å². The molecule has 8 nitrogen and oxygen atoms in total. The van der Waals surface area contributed by atoms with E-state index in [4.69, 9.17) is 4.98 Å². The Kier molecular flexibility index (Phi) is 4.62. The second-order valence-electron chi connectivity index (χ2n) is 7.99. The Morgan fingerprint density at radius 3 is 2.67 bits per heavy atom. The monoisotopic (exact) mass is 394 g/mol. The van der Waals surface area contributed by atoms with Crippen LogP contribution in [0.4, 0.5) is 5.95 Å². The van der Waals surface area contributed by atoms with Gasteiger partial charge in [0.2, 0.25) is 16.0 Å². The van der Waals surface area contributed by atoms with E-state index in [9.17, 15) is 18.3 Å². The van der Waals surface area contributed by atoms with Crippen molar-refractivity contribution >= 4 is 21.9 Å². The molecule has 2 saturated heterocycles. The molecule has 27 heavy (non-hydrogen) atoms. The summed E-state index contributed by atoms with van der Waals surface area (Å²) < 4.78 is 25.8. The molecule has 2 atom stereocenters. The summed E-state index contributed by atoms with van der Waals surface area (Å²) in [6, 6.07) is 1.96. The number of hydrogen-bond donors (Lipinski definition) is 1. The van der Waals surface area contributed by atoms with Crippen molar-refractivity contribution < 1.29 is 18.3 Å². The van der Waals surface area contributed by atoms with Crippen molar-refractivity contribution in [3.8, 4) is 0 Å². The standard InChI is InChI=1S/C18H26N4O4S/c1-2-27(25,26)22-10-14-9-21(11-18(14,12-22)16(23)24)17-19-8-7-15(20-17)13-5-3-4-6-13/h7-8,13-14H,2-6,9-12H2,1H3,(H,23,24)/t14-,18-/m1/s1. The smallest absolute Gasteiger partial charge is 0.313 e. The maximum absolute atomic E-state index is 12.2. The number of sulfonamides is 1. The van der Waals surface area contributed by atoms with Crippen molar-refractivity contribution in [1.82, 2.24) is 14.3 Å². The lowest BCUT2D eigenvalue weighted by Crippen LogP contribution is -2.42. The van der Waals surface area contributed by atoms with Gasteiger partial charge in [-0.25, -0.2) is 22.7 Å². The minimum Gasteiger partial charge on any atom is -0.481 e. The van der Waals surface area contributed by atoms with E-state index in [2.05, 4.69) is 4.98 Å². The number of nitrogens with zero attached hydrogens (tertiary/aromatic N) is 4. The Balaban J connectivity index is 1.57. The van der Waals surface area contributed by atoms with Crippen LogP contribution in [0, 0.1) is 11.3 Å². The van der Waals surface area contributed by atoms with Gasteiger partial charge in [0.15, 0.2) is 0 Å². The Morgan fingerprint density at radius 1 is 1.30 bits per heavy atom. The number of carboxylic acids is 1. The normalized spacial score (nSPS) is 29.4. The molecule has 148 valence electrons. The summed E-state index contributed by atoms with van der Waals surface area (Å²) in [5.41, 5.74) is -0.0521. The zero-order valence-corrected chi connectivity index (χ0v) is 16.4. The van der Waals surface area contributed by atoms with E-state index in [1.807, 2.05) is 11.0 Å². The predicted molar refractivity (Wildman–Crippen MR) is 100 cm³/mol. The Labute approximate surface area is 159 Å². The molecule has 1 aromatic heterocycles. The highest BCUT2D eigenvalue weighted by Crippen LogP contribution is 2.45. The van der Waals surface area contributed by atoms with Crippen molar-refractivity contribution in [3.63, 3.8) is 0 Å². The maximum atomic E-state index is 12.2. The van der Waals surface area contributed by atoms with Gasteiger partial charge < -0.3 is 10.0 Å². The van der Waals surface area contributed by atoms with E-state index < -0.39 is 21.4 Å². The van der Waals surface area contributed by atoms with Crippen LogP contribution in [0.25, 0.3) is 0 Å². The summed E-state index contributed by atoms with van der Waals surface area (Å²) in [6.07, 6.45) is 6.48. The topological polar surface area (TPSA) is 104 Å². The fraction of sp³-hybridized carbons (Fsp3) is 0.722. The number of carbonyl (C=O) groups is 1. The molecule has 0 spiro atoms. The van der Waals surface area contributed by atoms with Gasteiger partial charge >= 0.3 is 5.97 Å². The summed E-state index contributed by atoms with van der Waals surface area (Å²) in [5, 5.41) is 9.93. The molecule has 3 fully saturated rings. The van der Waals surface area contributed by atoms with E-state index in [-0.39, 0.29) is 31.3 Å². The molecule has 0 unspecified atom stereocenters. The van der Waals surface area contributed by atoms with Gasteiger partial charge in [-0.05, 0) is 25.8 Å². The summed E-state index contributed by atoms with van der Waals surface area (Å²) in [5.74, 6) is -0.163. The van der Waals surface area contributed by atoms with Crippen LogP contribution in [0.15, 0.2) is 12.3 Å². The lowest BCUT2D eigenvalue weighted by molar-refractivity contribution is -0.148. The zero-order valence-electron chi connectivity index (χ0n) is 15.5. The van der Waals surface area contributed by atoms with Gasteiger partial charge in [0.1, 0.15) is 5.41 Å². The molecular weight excluding hydrogens is 368 g/mol. The number of fused-ring (bicyclic) bond motifs is 1. The second-order valence-corrected chi connectivity index (χ2v) is 10.3. The number of anilines is 1. The van der Waals surface area contributed by atoms with Gasteiger partial charge in [-0.1, -0.05) is 12.8 Å². The fourth-order valence-corrected chi connectivity index (χ4v) is 6.03. The number of aromatic nitrogens is 2. The lowest BCUT2D eigenvalue weighted by atomic mass is 9.81. The molecule has 0 bridgehead atoms. The highest BCUT2D eigenvalue weighted by atomic mass is 32.2. The molecule has 3 aliphatic rings. The molecule has 0 amide bonds. The minimum atomic E-state index is -3.39. The van der Waals surface area contributed by atoms with Crippen LogP contribution in [0.3, 0.4) is 0 Å². The van der Waals surface area contributed by atoms with Crippen LogP contribution >= 0.6 is 0 Å². The molecule has 0 aromatic carbocycles. The molecule has 1 saturated carbocycles. The van der Waals surface area contributed by atoms with E-state index in [1.54, 1.807) is 13.1 Å². The highest BCUT2D eigenvalue weighted by Gasteiger charge is 2.59. The van der Waals surface area contributed by atoms with Crippen LogP contribution in [-0.2, 0) is 14.8 Å². The first kappa shape index (κ1) is 18.6.